The van der Waals surface area contributed by atoms with Crippen LogP contribution < -0.4 is 10.1 Å². The molecule has 1 N–H and O–H groups in total. The molecule has 29 heavy (non-hydrogen) atoms. The summed E-state index contributed by atoms with van der Waals surface area (Å²) in [7, 11) is 1.58. The summed E-state index contributed by atoms with van der Waals surface area (Å²) in [6.45, 7) is 1.86. The van der Waals surface area contributed by atoms with Crippen LogP contribution in [0.15, 0.2) is 40.9 Å². The number of ether oxygens (including phenoxy) is 2. The van der Waals surface area contributed by atoms with Crippen LogP contribution in [0.5, 0.6) is 5.75 Å². The highest BCUT2D eigenvalue weighted by atomic mass is 35.5. The molecule has 0 saturated carbocycles. The Morgan fingerprint density at radius 3 is 2.83 bits per heavy atom. The molecule has 10 heteroatoms. The minimum Gasteiger partial charge on any atom is -0.484 e. The summed E-state index contributed by atoms with van der Waals surface area (Å²) in [6.07, 6.45) is 1.31. The van der Waals surface area contributed by atoms with Crippen molar-refractivity contribution in [1.29, 1.82) is 0 Å². The van der Waals surface area contributed by atoms with Crippen LogP contribution in [0.2, 0.25) is 5.02 Å². The molecular weight excluding hydrogens is 405 g/mol. The quantitative estimate of drug-likeness (QED) is 0.583. The van der Waals surface area contributed by atoms with Gasteiger partial charge in [-0.25, -0.2) is 9.18 Å². The van der Waals surface area contributed by atoms with Crippen molar-refractivity contribution >= 4 is 29.3 Å². The molecule has 0 unspecified atom stereocenters. The molecule has 0 saturated heterocycles. The van der Waals surface area contributed by atoms with Crippen molar-refractivity contribution in [3.8, 4) is 5.75 Å². The lowest BCUT2D eigenvalue weighted by atomic mass is 10.3. The Labute approximate surface area is 170 Å². The summed E-state index contributed by atoms with van der Waals surface area (Å²) in [5.74, 6) is -0.830. The lowest BCUT2D eigenvalue weighted by molar-refractivity contribution is 0.0527. The summed E-state index contributed by atoms with van der Waals surface area (Å²) in [4.78, 5) is 24.4. The van der Waals surface area contributed by atoms with E-state index < -0.39 is 17.7 Å². The van der Waals surface area contributed by atoms with Crippen LogP contribution in [0, 0.1) is 5.82 Å². The van der Waals surface area contributed by atoms with Crippen molar-refractivity contribution in [1.82, 2.24) is 9.78 Å². The number of hydrogen-bond acceptors (Lipinski definition) is 6. The smallest absolute Gasteiger partial charge is 0.343 e. The van der Waals surface area contributed by atoms with Gasteiger partial charge in [0.1, 0.15) is 35.3 Å². The average molecular weight is 422 g/mol. The molecule has 0 atom stereocenters. The van der Waals surface area contributed by atoms with Crippen molar-refractivity contribution < 1.29 is 27.9 Å². The monoisotopic (exact) mass is 421 g/mol. The molecule has 0 aliphatic rings. The summed E-state index contributed by atoms with van der Waals surface area (Å²) in [6, 6.07) is 6.76. The molecule has 2 heterocycles. The van der Waals surface area contributed by atoms with Crippen LogP contribution >= 0.6 is 11.6 Å². The predicted molar refractivity (Wildman–Crippen MR) is 102 cm³/mol. The molecule has 8 nitrogen and oxygen atoms in total. The number of carbonyl (C=O) groups is 2. The zero-order chi connectivity index (χ0) is 21.0. The Hall–Kier alpha value is -3.33. The molecule has 3 rings (SSSR count). The van der Waals surface area contributed by atoms with Gasteiger partial charge >= 0.3 is 5.97 Å². The lowest BCUT2D eigenvalue weighted by Gasteiger charge is -2.07. The Bertz CT molecular complexity index is 1050. The maximum Gasteiger partial charge on any atom is 0.343 e. The molecule has 152 valence electrons. The van der Waals surface area contributed by atoms with Gasteiger partial charge in [0.2, 0.25) is 0 Å². The van der Waals surface area contributed by atoms with Crippen molar-refractivity contribution in [3.63, 3.8) is 0 Å². The number of aryl methyl sites for hydroxylation is 1. The Balaban J connectivity index is 1.67. The Kier molecular flexibility index (Phi) is 6.18. The van der Waals surface area contributed by atoms with E-state index in [1.165, 1.54) is 29.1 Å². The van der Waals surface area contributed by atoms with Gasteiger partial charge in [-0.2, -0.15) is 5.10 Å². The van der Waals surface area contributed by atoms with E-state index in [9.17, 15) is 14.0 Å². The normalized spacial score (nSPS) is 10.6. The molecule has 0 radical (unpaired) electrons. The van der Waals surface area contributed by atoms with Crippen LogP contribution in [0.3, 0.4) is 0 Å². The number of rotatable bonds is 7. The minimum absolute atomic E-state index is 0.00446. The number of carbonyl (C=O) groups excluding carboxylic acids is 2. The van der Waals surface area contributed by atoms with Crippen LogP contribution in [-0.2, 0) is 18.4 Å². The van der Waals surface area contributed by atoms with Crippen molar-refractivity contribution in [2.75, 3.05) is 11.9 Å². The van der Waals surface area contributed by atoms with E-state index in [1.807, 2.05) is 0 Å². The highest BCUT2D eigenvalue weighted by molar-refractivity contribution is 6.32. The fourth-order valence-corrected chi connectivity index (χ4v) is 2.65. The van der Waals surface area contributed by atoms with Gasteiger partial charge in [-0.1, -0.05) is 11.6 Å². The van der Waals surface area contributed by atoms with Gasteiger partial charge in [0.05, 0.1) is 17.8 Å². The molecule has 3 aromatic rings. The van der Waals surface area contributed by atoms with Gasteiger partial charge in [-0.3, -0.25) is 9.48 Å². The second kappa shape index (κ2) is 8.78. The number of halogens is 2. The molecule has 0 spiro atoms. The third-order valence-corrected chi connectivity index (χ3v) is 4.11. The maximum atomic E-state index is 13.1. The van der Waals surface area contributed by atoms with Crippen molar-refractivity contribution in [2.45, 2.75) is 13.5 Å². The first-order valence-electron chi connectivity index (χ1n) is 8.56. The number of anilines is 1. The van der Waals surface area contributed by atoms with Gasteiger partial charge in [-0.05, 0) is 37.3 Å². The number of nitrogens with zero attached hydrogens (tertiary/aromatic N) is 2. The van der Waals surface area contributed by atoms with Gasteiger partial charge < -0.3 is 19.2 Å². The van der Waals surface area contributed by atoms with E-state index in [-0.39, 0.29) is 41.1 Å². The first-order chi connectivity index (χ1) is 13.9. The third kappa shape index (κ3) is 4.75. The highest BCUT2D eigenvalue weighted by Gasteiger charge is 2.21. The van der Waals surface area contributed by atoms with Crippen LogP contribution in [0.1, 0.15) is 33.6 Å². The van der Waals surface area contributed by atoms with Gasteiger partial charge in [0, 0.05) is 7.05 Å². The molecule has 0 bridgehead atoms. The zero-order valence-corrected chi connectivity index (χ0v) is 16.3. The SMILES string of the molecule is CCOC(=O)c1cnn(C)c1NC(=O)c1ccc(COc2ccc(F)cc2Cl)o1. The Morgan fingerprint density at radius 1 is 1.31 bits per heavy atom. The van der Waals surface area contributed by atoms with E-state index in [2.05, 4.69) is 10.4 Å². The summed E-state index contributed by atoms with van der Waals surface area (Å²) >= 11 is 5.90. The second-order valence-electron chi connectivity index (χ2n) is 5.83. The standard InChI is InChI=1S/C19H17ClFN3O5/c1-3-27-19(26)13-9-22-24(2)17(13)23-18(25)16-7-5-12(29-16)10-28-15-6-4-11(21)8-14(15)20/h4-9H,3,10H2,1-2H3,(H,23,25). The first-order valence-corrected chi connectivity index (χ1v) is 8.94. The van der Waals surface area contributed by atoms with E-state index in [0.29, 0.717) is 5.76 Å². The van der Waals surface area contributed by atoms with Crippen LogP contribution in [-0.4, -0.2) is 28.3 Å². The number of hydrogen-bond donors (Lipinski definition) is 1. The number of amides is 1. The Morgan fingerprint density at radius 2 is 2.10 bits per heavy atom. The number of benzene rings is 1. The minimum atomic E-state index is -0.597. The fourth-order valence-electron chi connectivity index (χ4n) is 2.43. The second-order valence-corrected chi connectivity index (χ2v) is 6.24. The van der Waals surface area contributed by atoms with Gasteiger partial charge in [0.25, 0.3) is 5.91 Å². The van der Waals surface area contributed by atoms with Crippen molar-refractivity contribution in [3.05, 3.63) is 64.5 Å². The van der Waals surface area contributed by atoms with E-state index in [0.717, 1.165) is 6.07 Å². The number of nitrogens with one attached hydrogen (secondary N) is 1. The van der Waals surface area contributed by atoms with E-state index in [4.69, 9.17) is 25.5 Å². The molecule has 0 aliphatic heterocycles. The van der Waals surface area contributed by atoms with Gasteiger partial charge in [0.15, 0.2) is 5.76 Å². The highest BCUT2D eigenvalue weighted by Crippen LogP contribution is 2.26. The van der Waals surface area contributed by atoms with Crippen molar-refractivity contribution in [2.24, 2.45) is 7.05 Å². The van der Waals surface area contributed by atoms with Crippen LogP contribution in [0.25, 0.3) is 0 Å². The molecule has 0 fully saturated rings. The average Bonchev–Trinajstić information content (AvgIpc) is 3.29. The number of aromatic nitrogens is 2. The molecule has 2 aromatic heterocycles. The number of furan rings is 1. The van der Waals surface area contributed by atoms with E-state index >= 15 is 0 Å². The zero-order valence-electron chi connectivity index (χ0n) is 15.6. The summed E-state index contributed by atoms with van der Waals surface area (Å²) < 4.78 is 30.3. The molecule has 0 aliphatic carbocycles. The lowest BCUT2D eigenvalue weighted by Crippen LogP contribution is -2.17. The largest absolute Gasteiger partial charge is 0.484 e. The first kappa shape index (κ1) is 20.4. The van der Waals surface area contributed by atoms with Crippen LogP contribution in [0.4, 0.5) is 10.2 Å². The molecule has 1 aromatic carbocycles. The number of esters is 1. The maximum absolute atomic E-state index is 13.1. The van der Waals surface area contributed by atoms with E-state index in [1.54, 1.807) is 20.0 Å². The molecular formula is C19H17ClFN3O5. The third-order valence-electron chi connectivity index (χ3n) is 3.82. The summed E-state index contributed by atoms with van der Waals surface area (Å²) in [5, 5.41) is 6.66. The fraction of sp³-hybridized carbons (Fsp3) is 0.211. The predicted octanol–water partition coefficient (Wildman–Crippen LogP) is 3.81. The van der Waals surface area contributed by atoms with Gasteiger partial charge in [-0.15, -0.1) is 0 Å². The molecule has 1 amide bonds. The summed E-state index contributed by atoms with van der Waals surface area (Å²) in [5.41, 5.74) is 0.128. The topological polar surface area (TPSA) is 95.6 Å².